The Labute approximate surface area is 110 Å². The first-order valence-corrected chi connectivity index (χ1v) is 8.16. The number of aliphatic carboxylic acids is 1. The van der Waals surface area contributed by atoms with Gasteiger partial charge in [-0.25, -0.2) is 13.1 Å². The van der Waals surface area contributed by atoms with Crippen LogP contribution in [0.1, 0.15) is 25.7 Å². The van der Waals surface area contributed by atoms with Gasteiger partial charge in [-0.2, -0.15) is 11.3 Å². The fourth-order valence-corrected chi connectivity index (χ4v) is 4.62. The van der Waals surface area contributed by atoms with Crippen molar-refractivity contribution in [1.29, 1.82) is 0 Å². The molecule has 1 fully saturated rings. The molecule has 1 saturated carbocycles. The summed E-state index contributed by atoms with van der Waals surface area (Å²) in [5.41, 5.74) is 0. The second kappa shape index (κ2) is 5.38. The molecule has 1 aromatic heterocycles. The van der Waals surface area contributed by atoms with E-state index in [2.05, 4.69) is 4.72 Å². The van der Waals surface area contributed by atoms with Crippen LogP contribution >= 0.6 is 11.3 Å². The smallest absolute Gasteiger partial charge is 0.303 e. The summed E-state index contributed by atoms with van der Waals surface area (Å²) < 4.78 is 26.6. The molecule has 100 valence electrons. The van der Waals surface area contributed by atoms with E-state index in [9.17, 15) is 13.2 Å². The molecule has 0 radical (unpaired) electrons. The lowest BCUT2D eigenvalue weighted by Gasteiger charge is -2.12. The number of carbonyl (C=O) groups is 1. The molecule has 2 N–H and O–H groups in total. The van der Waals surface area contributed by atoms with Crippen molar-refractivity contribution in [1.82, 2.24) is 4.72 Å². The highest BCUT2D eigenvalue weighted by Gasteiger charge is 2.29. The Morgan fingerprint density at radius 1 is 1.50 bits per heavy atom. The molecule has 5 nitrogen and oxygen atoms in total. The Balaban J connectivity index is 1.94. The Bertz CT molecular complexity index is 509. The van der Waals surface area contributed by atoms with Gasteiger partial charge >= 0.3 is 5.97 Å². The number of hydrogen-bond acceptors (Lipinski definition) is 4. The van der Waals surface area contributed by atoms with Crippen molar-refractivity contribution < 1.29 is 18.3 Å². The number of carboxylic acids is 1. The lowest BCUT2D eigenvalue weighted by Crippen LogP contribution is -2.32. The fourth-order valence-electron chi connectivity index (χ4n) is 2.31. The number of rotatable bonds is 5. The van der Waals surface area contributed by atoms with E-state index in [0.29, 0.717) is 12.8 Å². The minimum atomic E-state index is -3.44. The van der Waals surface area contributed by atoms with Crippen LogP contribution in [0.3, 0.4) is 0 Å². The molecule has 0 spiro atoms. The van der Waals surface area contributed by atoms with E-state index < -0.39 is 16.0 Å². The summed E-state index contributed by atoms with van der Waals surface area (Å²) in [6.45, 7) is 0. The molecule has 18 heavy (non-hydrogen) atoms. The molecule has 1 heterocycles. The first-order chi connectivity index (χ1) is 8.47. The van der Waals surface area contributed by atoms with Gasteiger partial charge in [0.25, 0.3) is 0 Å². The molecule has 1 aliphatic carbocycles. The molecule has 2 rings (SSSR count). The third-order valence-corrected chi connectivity index (χ3v) is 5.48. The second-order valence-corrected chi connectivity index (χ2v) is 7.05. The van der Waals surface area contributed by atoms with E-state index in [1.54, 1.807) is 16.8 Å². The molecular weight excluding hydrogens is 274 g/mol. The normalized spacial score (nSPS) is 24.2. The number of thiophene rings is 1. The predicted octanol–water partition coefficient (Wildman–Crippen LogP) is 1.67. The van der Waals surface area contributed by atoms with Crippen LogP contribution in [0.25, 0.3) is 0 Å². The van der Waals surface area contributed by atoms with E-state index in [0.717, 1.165) is 6.42 Å². The van der Waals surface area contributed by atoms with Crippen LogP contribution in [0.4, 0.5) is 0 Å². The lowest BCUT2D eigenvalue weighted by molar-refractivity contribution is -0.138. The van der Waals surface area contributed by atoms with Crippen molar-refractivity contribution in [3.63, 3.8) is 0 Å². The average molecular weight is 289 g/mol. The third-order valence-electron chi connectivity index (χ3n) is 3.13. The zero-order chi connectivity index (χ0) is 13.2. The van der Waals surface area contributed by atoms with Gasteiger partial charge in [0, 0.05) is 17.8 Å². The summed E-state index contributed by atoms with van der Waals surface area (Å²) in [4.78, 5) is 10.9. The first kappa shape index (κ1) is 13.5. The molecule has 0 unspecified atom stereocenters. The molecule has 0 saturated heterocycles. The molecular formula is C11H15NO4S2. The Morgan fingerprint density at radius 2 is 2.28 bits per heavy atom. The van der Waals surface area contributed by atoms with Gasteiger partial charge in [-0.15, -0.1) is 0 Å². The standard InChI is InChI=1S/C11H15NO4S2/c13-11(14)6-8-1-2-9(5-8)12-18(15,16)10-3-4-17-7-10/h3-4,7-9,12H,1-2,5-6H2,(H,13,14)/t8-,9+/m1/s1. The third kappa shape index (κ3) is 3.30. The van der Waals surface area contributed by atoms with E-state index in [1.807, 2.05) is 0 Å². The van der Waals surface area contributed by atoms with Crippen molar-refractivity contribution in [2.24, 2.45) is 5.92 Å². The maximum Gasteiger partial charge on any atom is 0.303 e. The summed E-state index contributed by atoms with van der Waals surface area (Å²) in [5.74, 6) is -0.737. The molecule has 1 aromatic rings. The fraction of sp³-hybridized carbons (Fsp3) is 0.545. The van der Waals surface area contributed by atoms with E-state index in [-0.39, 0.29) is 23.3 Å². The molecule has 1 aliphatic rings. The molecule has 0 amide bonds. The zero-order valence-electron chi connectivity index (χ0n) is 9.70. The predicted molar refractivity (Wildman–Crippen MR) is 68.0 cm³/mol. The van der Waals surface area contributed by atoms with Gasteiger partial charge in [0.15, 0.2) is 0 Å². The van der Waals surface area contributed by atoms with Crippen molar-refractivity contribution >= 4 is 27.3 Å². The lowest BCUT2D eigenvalue weighted by atomic mass is 10.0. The highest BCUT2D eigenvalue weighted by molar-refractivity contribution is 7.89. The van der Waals surface area contributed by atoms with Crippen LogP contribution in [0.2, 0.25) is 0 Å². The molecule has 0 bridgehead atoms. The van der Waals surface area contributed by atoms with E-state index >= 15 is 0 Å². The van der Waals surface area contributed by atoms with Gasteiger partial charge in [-0.3, -0.25) is 4.79 Å². The minimum Gasteiger partial charge on any atom is -0.481 e. The quantitative estimate of drug-likeness (QED) is 0.863. The minimum absolute atomic E-state index is 0.0812. The number of nitrogens with one attached hydrogen (secondary N) is 1. The van der Waals surface area contributed by atoms with Gasteiger partial charge in [-0.1, -0.05) is 0 Å². The monoisotopic (exact) mass is 289 g/mol. The van der Waals surface area contributed by atoms with Crippen LogP contribution in [0.15, 0.2) is 21.7 Å². The summed E-state index contributed by atoms with van der Waals surface area (Å²) in [6, 6.07) is 1.43. The molecule has 2 atom stereocenters. The topological polar surface area (TPSA) is 83.5 Å². The molecule has 7 heteroatoms. The average Bonchev–Trinajstić information content (AvgIpc) is 2.87. The molecule has 0 aromatic carbocycles. The number of sulfonamides is 1. The number of carboxylic acid groups (broad SMARTS) is 1. The highest BCUT2D eigenvalue weighted by atomic mass is 32.2. The summed E-state index contributed by atoms with van der Waals surface area (Å²) >= 11 is 1.34. The van der Waals surface area contributed by atoms with Crippen molar-refractivity contribution in [3.8, 4) is 0 Å². The Hall–Kier alpha value is -0.920. The van der Waals surface area contributed by atoms with Gasteiger partial charge in [0.2, 0.25) is 10.0 Å². The SMILES string of the molecule is O=C(O)C[C@@H]1CC[C@H](NS(=O)(=O)c2ccsc2)C1. The summed E-state index contributed by atoms with van der Waals surface area (Å²) in [5, 5.41) is 12.0. The van der Waals surface area contributed by atoms with Gasteiger partial charge in [0.05, 0.1) is 4.90 Å². The van der Waals surface area contributed by atoms with Crippen LogP contribution in [0.5, 0.6) is 0 Å². The van der Waals surface area contributed by atoms with Gasteiger partial charge < -0.3 is 5.11 Å². The maximum atomic E-state index is 12.0. The van der Waals surface area contributed by atoms with Crippen molar-refractivity contribution in [3.05, 3.63) is 16.8 Å². The largest absolute Gasteiger partial charge is 0.481 e. The highest BCUT2D eigenvalue weighted by Crippen LogP contribution is 2.29. The van der Waals surface area contributed by atoms with Crippen LogP contribution in [-0.4, -0.2) is 25.5 Å². The Kier molecular flexibility index (Phi) is 4.04. The van der Waals surface area contributed by atoms with Crippen LogP contribution in [0, 0.1) is 5.92 Å². The molecule has 0 aliphatic heterocycles. The first-order valence-electron chi connectivity index (χ1n) is 5.73. The maximum absolute atomic E-state index is 12.0. The Morgan fingerprint density at radius 3 is 2.89 bits per heavy atom. The van der Waals surface area contributed by atoms with Crippen LogP contribution < -0.4 is 4.72 Å². The van der Waals surface area contributed by atoms with Crippen LogP contribution in [-0.2, 0) is 14.8 Å². The summed E-state index contributed by atoms with van der Waals surface area (Å²) in [6.07, 6.45) is 2.21. The van der Waals surface area contributed by atoms with Gasteiger partial charge in [0.1, 0.15) is 0 Å². The van der Waals surface area contributed by atoms with Gasteiger partial charge in [-0.05, 0) is 36.6 Å². The second-order valence-electron chi connectivity index (χ2n) is 4.55. The summed E-state index contributed by atoms with van der Waals surface area (Å²) in [7, 11) is -3.44. The zero-order valence-corrected chi connectivity index (χ0v) is 11.3. The number of hydrogen-bond donors (Lipinski definition) is 2. The van der Waals surface area contributed by atoms with Crippen molar-refractivity contribution in [2.75, 3.05) is 0 Å². The van der Waals surface area contributed by atoms with Crippen molar-refractivity contribution in [2.45, 2.75) is 36.6 Å². The van der Waals surface area contributed by atoms with E-state index in [4.69, 9.17) is 5.11 Å². The van der Waals surface area contributed by atoms with E-state index in [1.165, 1.54) is 11.3 Å².